The van der Waals surface area contributed by atoms with Crippen molar-refractivity contribution in [1.82, 2.24) is 4.98 Å². The van der Waals surface area contributed by atoms with Crippen LogP contribution in [0.2, 0.25) is 5.02 Å². The molecule has 1 aromatic heterocycles. The second kappa shape index (κ2) is 7.70. The van der Waals surface area contributed by atoms with E-state index in [9.17, 15) is 17.2 Å². The number of pyridine rings is 1. The van der Waals surface area contributed by atoms with Crippen LogP contribution in [0.5, 0.6) is 0 Å². The molecule has 1 aromatic carbocycles. The highest BCUT2D eigenvalue weighted by Gasteiger charge is 2.49. The lowest BCUT2D eigenvalue weighted by Gasteiger charge is -2.38. The van der Waals surface area contributed by atoms with Crippen molar-refractivity contribution in [2.24, 2.45) is 10.7 Å². The highest BCUT2D eigenvalue weighted by atomic mass is 35.5. The van der Waals surface area contributed by atoms with Gasteiger partial charge in [-0.1, -0.05) is 17.7 Å². The predicted octanol–water partition coefficient (Wildman–Crippen LogP) is 3.99. The predicted molar refractivity (Wildman–Crippen MR) is 116 cm³/mol. The van der Waals surface area contributed by atoms with Gasteiger partial charge in [0.05, 0.1) is 16.3 Å². The Bertz CT molecular complexity index is 1280. The highest BCUT2D eigenvalue weighted by Crippen LogP contribution is 2.38. The first kappa shape index (κ1) is 22.8. The minimum atomic E-state index is -3.74. The number of rotatable bonds is 3. The van der Waals surface area contributed by atoms with E-state index in [-0.39, 0.29) is 33.2 Å². The minimum Gasteiger partial charge on any atom is -0.386 e. The van der Waals surface area contributed by atoms with E-state index >= 15 is 0 Å². The molecule has 0 saturated carbocycles. The first-order valence-corrected chi connectivity index (χ1v) is 11.1. The summed E-state index contributed by atoms with van der Waals surface area (Å²) in [5.74, 6) is -2.08. The van der Waals surface area contributed by atoms with Crippen LogP contribution in [0.15, 0.2) is 35.5 Å². The number of nitrogens with zero attached hydrogens (tertiary/aromatic N) is 3. The summed E-state index contributed by atoms with van der Waals surface area (Å²) in [6.45, 7) is 4.36. The van der Waals surface area contributed by atoms with Gasteiger partial charge in [-0.05, 0) is 50.6 Å². The van der Waals surface area contributed by atoms with Crippen molar-refractivity contribution in [3.05, 3.63) is 63.7 Å². The lowest BCUT2D eigenvalue weighted by atomic mass is 9.91. The van der Waals surface area contributed by atoms with Crippen LogP contribution < -0.4 is 5.73 Å². The lowest BCUT2D eigenvalue weighted by molar-refractivity contribution is 0.475. The van der Waals surface area contributed by atoms with Gasteiger partial charge in [-0.3, -0.25) is 9.98 Å². The normalized spacial score (nSPS) is 22.5. The fourth-order valence-corrected chi connectivity index (χ4v) is 5.16. The van der Waals surface area contributed by atoms with Gasteiger partial charge in [0.2, 0.25) is 0 Å². The van der Waals surface area contributed by atoms with Crippen LogP contribution in [0.4, 0.5) is 8.78 Å². The molecule has 0 aliphatic carbocycles. The molecule has 2 N–H and O–H groups in total. The molecule has 0 spiro atoms. The Labute approximate surface area is 184 Å². The van der Waals surface area contributed by atoms with E-state index < -0.39 is 37.5 Å². The van der Waals surface area contributed by atoms with Gasteiger partial charge in [-0.2, -0.15) is 5.26 Å². The summed E-state index contributed by atoms with van der Waals surface area (Å²) in [5, 5.41) is 8.81. The number of sulfone groups is 1. The van der Waals surface area contributed by atoms with Crippen LogP contribution in [0.25, 0.3) is 11.9 Å². The zero-order valence-corrected chi connectivity index (χ0v) is 18.5. The van der Waals surface area contributed by atoms with E-state index in [1.807, 2.05) is 6.07 Å². The molecular formula is C21H19ClF2N4O2S. The van der Waals surface area contributed by atoms with Gasteiger partial charge in [-0.15, -0.1) is 0 Å². The number of nitrogens with two attached hydrogens (primary N) is 1. The van der Waals surface area contributed by atoms with E-state index in [1.54, 1.807) is 0 Å². The zero-order valence-electron chi connectivity index (χ0n) is 16.9. The molecule has 10 heteroatoms. The topological polar surface area (TPSA) is 109 Å². The van der Waals surface area contributed by atoms with E-state index in [4.69, 9.17) is 22.6 Å². The Morgan fingerprint density at radius 3 is 2.58 bits per heavy atom. The fraction of sp³-hybridized carbons (Fsp3) is 0.286. The molecule has 0 saturated heterocycles. The highest BCUT2D eigenvalue weighted by molar-refractivity contribution is 7.93. The summed E-state index contributed by atoms with van der Waals surface area (Å²) < 4.78 is 53.6. The number of amidine groups is 1. The third-order valence-corrected chi connectivity index (χ3v) is 8.29. The summed E-state index contributed by atoms with van der Waals surface area (Å²) >= 11 is 5.99. The molecule has 0 unspecified atom stereocenters. The Morgan fingerprint density at radius 1 is 1.32 bits per heavy atom. The van der Waals surface area contributed by atoms with Crippen LogP contribution in [0, 0.1) is 17.1 Å². The van der Waals surface area contributed by atoms with E-state index in [0.29, 0.717) is 0 Å². The second-order valence-electron chi connectivity index (χ2n) is 7.94. The van der Waals surface area contributed by atoms with Gasteiger partial charge < -0.3 is 5.73 Å². The molecule has 1 aliphatic heterocycles. The number of aromatic nitrogens is 1. The van der Waals surface area contributed by atoms with Crippen LogP contribution in [-0.4, -0.2) is 29.7 Å². The SMILES string of the molecule is CC1(C)C(N)=N[C@](C)(c2cc(/C=C(\F)c3ncc(C#N)cc3Cl)ccc2F)CS1(=O)=O. The van der Waals surface area contributed by atoms with Gasteiger partial charge in [0.25, 0.3) is 0 Å². The summed E-state index contributed by atoms with van der Waals surface area (Å²) in [4.78, 5) is 8.15. The van der Waals surface area contributed by atoms with Crippen molar-refractivity contribution in [3.63, 3.8) is 0 Å². The third-order valence-electron chi connectivity index (χ3n) is 5.29. The van der Waals surface area contributed by atoms with Gasteiger partial charge >= 0.3 is 0 Å². The third kappa shape index (κ3) is 4.05. The van der Waals surface area contributed by atoms with Crippen molar-refractivity contribution in [1.29, 1.82) is 5.26 Å². The van der Waals surface area contributed by atoms with Crippen molar-refractivity contribution in [2.75, 3.05) is 5.75 Å². The molecular weight excluding hydrogens is 446 g/mol. The average molecular weight is 465 g/mol. The Hall–Kier alpha value is -2.83. The van der Waals surface area contributed by atoms with Crippen LogP contribution in [0.1, 0.15) is 43.2 Å². The van der Waals surface area contributed by atoms with E-state index in [2.05, 4.69) is 9.98 Å². The van der Waals surface area contributed by atoms with Crippen LogP contribution in [0.3, 0.4) is 0 Å². The molecule has 2 heterocycles. The summed E-state index contributed by atoms with van der Waals surface area (Å²) in [5.41, 5.74) is 4.65. The van der Waals surface area contributed by atoms with Gasteiger partial charge in [0.15, 0.2) is 15.7 Å². The Kier molecular flexibility index (Phi) is 5.67. The van der Waals surface area contributed by atoms with Gasteiger partial charge in [-0.25, -0.2) is 17.2 Å². The first-order valence-electron chi connectivity index (χ1n) is 9.12. The van der Waals surface area contributed by atoms with Crippen molar-refractivity contribution in [3.8, 4) is 6.07 Å². The van der Waals surface area contributed by atoms with Crippen molar-refractivity contribution >= 4 is 39.2 Å². The standard InChI is InChI=1S/C21H19ClF2N4O2S/c1-20(2)19(26)28-21(3,11-31(20,29)30)14-6-12(4-5-16(14)23)8-17(24)18-15(22)7-13(9-25)10-27-18/h4-8,10H,11H2,1-3H3,(H2,26,28)/b17-8-/t21-/m0/s1. The maximum Gasteiger partial charge on any atom is 0.165 e. The number of aliphatic imine (C=N–C) groups is 1. The van der Waals surface area contributed by atoms with Crippen molar-refractivity contribution < 1.29 is 17.2 Å². The molecule has 1 aliphatic rings. The van der Waals surface area contributed by atoms with Crippen LogP contribution in [-0.2, 0) is 15.4 Å². The number of hydrogen-bond acceptors (Lipinski definition) is 6. The van der Waals surface area contributed by atoms with E-state index in [0.717, 1.165) is 12.1 Å². The van der Waals surface area contributed by atoms with Gasteiger partial charge in [0, 0.05) is 11.8 Å². The van der Waals surface area contributed by atoms with Crippen molar-refractivity contribution in [2.45, 2.75) is 31.1 Å². The number of halogens is 3. The second-order valence-corrected chi connectivity index (χ2v) is 10.9. The lowest BCUT2D eigenvalue weighted by Crippen LogP contribution is -2.55. The monoisotopic (exact) mass is 464 g/mol. The minimum absolute atomic E-state index is 0.0324. The first-order chi connectivity index (χ1) is 14.3. The Balaban J connectivity index is 2.08. The van der Waals surface area contributed by atoms with E-state index in [1.165, 1.54) is 45.2 Å². The number of benzene rings is 1. The maximum absolute atomic E-state index is 14.8. The average Bonchev–Trinajstić information content (AvgIpc) is 2.67. The summed E-state index contributed by atoms with van der Waals surface area (Å²) in [7, 11) is -3.74. The molecule has 2 aromatic rings. The smallest absolute Gasteiger partial charge is 0.165 e. The number of nitriles is 1. The van der Waals surface area contributed by atoms with Gasteiger partial charge in [0.1, 0.15) is 33.7 Å². The molecule has 31 heavy (non-hydrogen) atoms. The largest absolute Gasteiger partial charge is 0.386 e. The number of hydrogen-bond donors (Lipinski definition) is 1. The molecule has 0 fully saturated rings. The Morgan fingerprint density at radius 2 is 2.00 bits per heavy atom. The molecule has 0 radical (unpaired) electrons. The quantitative estimate of drug-likeness (QED) is 0.738. The summed E-state index contributed by atoms with van der Waals surface area (Å²) in [6, 6.07) is 6.88. The molecule has 1 atom stereocenters. The van der Waals surface area contributed by atoms with Crippen LogP contribution >= 0.6 is 11.6 Å². The molecule has 0 bridgehead atoms. The fourth-order valence-electron chi connectivity index (χ4n) is 3.22. The molecule has 3 rings (SSSR count). The maximum atomic E-state index is 14.8. The molecule has 0 amide bonds. The zero-order chi connectivity index (χ0) is 23.2. The molecule has 6 nitrogen and oxygen atoms in total. The summed E-state index contributed by atoms with van der Waals surface area (Å²) in [6.07, 6.45) is 2.26. The molecule has 162 valence electrons.